The van der Waals surface area contributed by atoms with Crippen molar-refractivity contribution >= 4 is 49.8 Å². The molecule has 0 bridgehead atoms. The number of anilines is 3. The van der Waals surface area contributed by atoms with Gasteiger partial charge in [-0.15, -0.1) is 0 Å². The maximum atomic E-state index is 6.13. The van der Waals surface area contributed by atoms with Crippen molar-refractivity contribution in [2.24, 2.45) is 0 Å². The van der Waals surface area contributed by atoms with Crippen LogP contribution >= 0.6 is 0 Å². The fourth-order valence-electron chi connectivity index (χ4n) is 9.08. The Morgan fingerprint density at radius 2 is 0.895 bits per heavy atom. The van der Waals surface area contributed by atoms with Gasteiger partial charge in [-0.25, -0.2) is 0 Å². The van der Waals surface area contributed by atoms with Gasteiger partial charge in [0, 0.05) is 33.2 Å². The second-order valence-corrected chi connectivity index (χ2v) is 15.7. The van der Waals surface area contributed by atoms with Crippen molar-refractivity contribution in [3.05, 3.63) is 211 Å². The molecule has 0 amide bonds. The number of furan rings is 1. The highest BCUT2D eigenvalue weighted by Gasteiger charge is 2.37. The van der Waals surface area contributed by atoms with Crippen LogP contribution in [0.4, 0.5) is 17.1 Å². The summed E-state index contributed by atoms with van der Waals surface area (Å²) in [6.07, 6.45) is 0. The average molecular weight is 730 g/mol. The summed E-state index contributed by atoms with van der Waals surface area (Å²) in [5, 5.41) is 4.87. The zero-order chi connectivity index (χ0) is 38.1. The summed E-state index contributed by atoms with van der Waals surface area (Å²) in [7, 11) is 0. The Kier molecular flexibility index (Phi) is 7.55. The van der Waals surface area contributed by atoms with Gasteiger partial charge in [0.1, 0.15) is 11.2 Å². The molecule has 0 spiro atoms. The molecule has 0 atom stereocenters. The number of benzene rings is 9. The van der Waals surface area contributed by atoms with Crippen molar-refractivity contribution in [2.45, 2.75) is 19.3 Å². The number of fused-ring (bicyclic) bond motifs is 8. The molecule has 0 N–H and O–H groups in total. The van der Waals surface area contributed by atoms with Gasteiger partial charge >= 0.3 is 0 Å². The number of para-hydroxylation sites is 1. The summed E-state index contributed by atoms with van der Waals surface area (Å²) in [5.74, 6) is 0. The molecular formula is C55H39NO. The molecule has 0 radical (unpaired) electrons. The molecule has 0 saturated carbocycles. The number of nitrogens with zero attached hydrogens (tertiary/aromatic N) is 1. The fraction of sp³-hybridized carbons (Fsp3) is 0.0545. The highest BCUT2D eigenvalue weighted by Crippen LogP contribution is 2.53. The van der Waals surface area contributed by atoms with E-state index in [0.29, 0.717) is 0 Å². The number of hydrogen-bond donors (Lipinski definition) is 0. The molecule has 1 heterocycles. The highest BCUT2D eigenvalue weighted by atomic mass is 16.3. The van der Waals surface area contributed by atoms with E-state index in [2.05, 4.69) is 207 Å². The van der Waals surface area contributed by atoms with E-state index in [1.54, 1.807) is 0 Å². The Hall–Kier alpha value is -7.16. The van der Waals surface area contributed by atoms with Crippen molar-refractivity contribution in [1.29, 1.82) is 0 Å². The monoisotopic (exact) mass is 729 g/mol. The highest BCUT2D eigenvalue weighted by molar-refractivity contribution is 6.06. The maximum Gasteiger partial charge on any atom is 0.135 e. The molecule has 57 heavy (non-hydrogen) atoms. The normalized spacial score (nSPS) is 12.9. The lowest BCUT2D eigenvalue weighted by molar-refractivity contribution is 0.661. The molecule has 0 saturated heterocycles. The maximum absolute atomic E-state index is 6.13. The molecule has 1 aliphatic carbocycles. The molecule has 9 aromatic carbocycles. The van der Waals surface area contributed by atoms with Crippen molar-refractivity contribution < 1.29 is 4.42 Å². The minimum Gasteiger partial charge on any atom is -0.456 e. The first-order valence-electron chi connectivity index (χ1n) is 19.7. The molecule has 1 aromatic heterocycles. The molecule has 11 rings (SSSR count). The largest absolute Gasteiger partial charge is 0.456 e. The Labute approximate surface area is 332 Å². The third-order valence-electron chi connectivity index (χ3n) is 12.1. The molecule has 0 aliphatic heterocycles. The van der Waals surface area contributed by atoms with Gasteiger partial charge in [0.05, 0.1) is 0 Å². The molecule has 2 nitrogen and oxygen atoms in total. The van der Waals surface area contributed by atoms with Crippen LogP contribution in [0.3, 0.4) is 0 Å². The topological polar surface area (TPSA) is 16.4 Å². The summed E-state index contributed by atoms with van der Waals surface area (Å²) in [6, 6.07) is 72.7. The van der Waals surface area contributed by atoms with E-state index in [9.17, 15) is 0 Å². The van der Waals surface area contributed by atoms with E-state index in [0.717, 1.165) is 44.6 Å². The molecule has 1 aliphatic rings. The lowest BCUT2D eigenvalue weighted by Gasteiger charge is -2.28. The van der Waals surface area contributed by atoms with E-state index in [-0.39, 0.29) is 5.41 Å². The van der Waals surface area contributed by atoms with Gasteiger partial charge in [0.15, 0.2) is 0 Å². The quantitative estimate of drug-likeness (QED) is 0.169. The van der Waals surface area contributed by atoms with Crippen LogP contribution in [0.25, 0.3) is 77.2 Å². The van der Waals surface area contributed by atoms with Crippen LogP contribution in [0.5, 0.6) is 0 Å². The molecule has 2 heteroatoms. The first-order valence-corrected chi connectivity index (χ1v) is 19.7. The van der Waals surface area contributed by atoms with Gasteiger partial charge in [-0.1, -0.05) is 159 Å². The van der Waals surface area contributed by atoms with Gasteiger partial charge in [-0.3, -0.25) is 0 Å². The minimum absolute atomic E-state index is 0.147. The predicted octanol–water partition coefficient (Wildman–Crippen LogP) is 15.5. The van der Waals surface area contributed by atoms with Crippen molar-refractivity contribution in [3.63, 3.8) is 0 Å². The summed E-state index contributed by atoms with van der Waals surface area (Å²) >= 11 is 0. The summed E-state index contributed by atoms with van der Waals surface area (Å²) in [6.45, 7) is 4.74. The lowest BCUT2D eigenvalue weighted by Crippen LogP contribution is -2.16. The van der Waals surface area contributed by atoms with E-state index in [1.165, 1.54) is 60.8 Å². The first-order chi connectivity index (χ1) is 28.0. The van der Waals surface area contributed by atoms with Gasteiger partial charge in [0.2, 0.25) is 0 Å². The predicted molar refractivity (Wildman–Crippen MR) is 240 cm³/mol. The van der Waals surface area contributed by atoms with Crippen molar-refractivity contribution in [3.8, 4) is 44.5 Å². The lowest BCUT2D eigenvalue weighted by atomic mass is 9.82. The molecule has 270 valence electrons. The minimum atomic E-state index is -0.147. The smallest absolute Gasteiger partial charge is 0.135 e. The Balaban J connectivity index is 0.999. The van der Waals surface area contributed by atoms with Crippen LogP contribution in [0, 0.1) is 0 Å². The number of rotatable bonds is 6. The van der Waals surface area contributed by atoms with Gasteiger partial charge in [0.25, 0.3) is 0 Å². The Morgan fingerprint density at radius 3 is 1.60 bits per heavy atom. The van der Waals surface area contributed by atoms with Crippen LogP contribution in [-0.2, 0) is 5.41 Å². The van der Waals surface area contributed by atoms with Crippen molar-refractivity contribution in [1.82, 2.24) is 0 Å². The summed E-state index contributed by atoms with van der Waals surface area (Å²) < 4.78 is 6.13. The van der Waals surface area contributed by atoms with Crippen LogP contribution < -0.4 is 4.90 Å². The van der Waals surface area contributed by atoms with Gasteiger partial charge in [-0.2, -0.15) is 0 Å². The van der Waals surface area contributed by atoms with E-state index < -0.39 is 0 Å². The SMILES string of the molecule is CC1(C)c2cc(N(c3ccc(-c4ccc(-c5ccccc5)cc4)cc3)c3ccc(-c4ccc5oc6ccccc6c5c4)cc3)ccc2-c2c1ccc1ccccc21. The van der Waals surface area contributed by atoms with E-state index in [4.69, 9.17) is 4.42 Å². The Bertz CT molecular complexity index is 3120. The second-order valence-electron chi connectivity index (χ2n) is 15.7. The van der Waals surface area contributed by atoms with E-state index >= 15 is 0 Å². The van der Waals surface area contributed by atoms with Crippen LogP contribution in [0.1, 0.15) is 25.0 Å². The third kappa shape index (κ3) is 5.48. The zero-order valence-corrected chi connectivity index (χ0v) is 31.9. The van der Waals surface area contributed by atoms with Crippen LogP contribution in [0.15, 0.2) is 205 Å². The summed E-state index contributed by atoms with van der Waals surface area (Å²) in [4.78, 5) is 2.40. The molecular weight excluding hydrogens is 691 g/mol. The van der Waals surface area contributed by atoms with Gasteiger partial charge in [-0.05, 0) is 121 Å². The molecule has 10 aromatic rings. The number of hydrogen-bond acceptors (Lipinski definition) is 2. The third-order valence-corrected chi connectivity index (χ3v) is 12.1. The Morgan fingerprint density at radius 1 is 0.368 bits per heavy atom. The molecule has 0 unspecified atom stereocenters. The fourth-order valence-corrected chi connectivity index (χ4v) is 9.08. The van der Waals surface area contributed by atoms with E-state index in [1.807, 2.05) is 12.1 Å². The second kappa shape index (κ2) is 13.0. The van der Waals surface area contributed by atoms with Gasteiger partial charge < -0.3 is 9.32 Å². The molecule has 0 fully saturated rings. The average Bonchev–Trinajstić information content (AvgIpc) is 3.76. The standard InChI is InChI=1S/C55H39NO/c1-55(2)50-32-24-41-12-6-7-13-46(41)54(50)48-31-30-45(35-51(48)55)56(43-26-20-39(21-27-43)38-18-16-37(17-19-38)36-10-4-3-5-11-36)44-28-22-40(23-29-44)42-25-33-53-49(34-42)47-14-8-9-15-52(47)57-53/h3-35H,1-2H3. The zero-order valence-electron chi connectivity index (χ0n) is 31.9. The summed E-state index contributed by atoms with van der Waals surface area (Å²) in [5.41, 5.74) is 17.6. The first kappa shape index (κ1) is 33.2. The van der Waals surface area contributed by atoms with Crippen LogP contribution in [0.2, 0.25) is 0 Å². The van der Waals surface area contributed by atoms with Crippen LogP contribution in [-0.4, -0.2) is 0 Å². The van der Waals surface area contributed by atoms with Crippen molar-refractivity contribution in [2.75, 3.05) is 4.90 Å².